The molecule has 1 fully saturated rings. The van der Waals surface area contributed by atoms with Crippen molar-refractivity contribution >= 4 is 12.0 Å². The van der Waals surface area contributed by atoms with Gasteiger partial charge in [-0.25, -0.2) is 5.43 Å². The summed E-state index contributed by atoms with van der Waals surface area (Å²) in [7, 11) is 0. The molecule has 1 aliphatic rings. The monoisotopic (exact) mass is 270 g/mol. The minimum atomic E-state index is 0.0277. The molecular weight excluding hydrogens is 252 g/mol. The highest BCUT2D eigenvalue weighted by Gasteiger charge is 2.22. The molecule has 0 aliphatic carbocycles. The molecule has 20 heavy (non-hydrogen) atoms. The van der Waals surface area contributed by atoms with E-state index in [4.69, 9.17) is 11.2 Å². The molecule has 1 aliphatic heterocycles. The Morgan fingerprint density at radius 2 is 2.30 bits per heavy atom. The van der Waals surface area contributed by atoms with E-state index in [0.717, 1.165) is 11.3 Å². The van der Waals surface area contributed by atoms with Gasteiger partial charge in [-0.1, -0.05) is 43.2 Å². The maximum atomic E-state index is 11.2. The van der Waals surface area contributed by atoms with Crippen LogP contribution in [0.2, 0.25) is 0 Å². The molecule has 4 nitrogen and oxygen atoms in total. The van der Waals surface area contributed by atoms with Gasteiger partial charge in [0, 0.05) is 18.0 Å². The van der Waals surface area contributed by atoms with E-state index in [0.29, 0.717) is 6.42 Å². The molecule has 1 heterocycles. The number of nitrogens with one attached hydrogen (secondary N) is 2. The lowest BCUT2D eigenvalue weighted by Gasteiger charge is -2.27. The molecule has 104 valence electrons. The van der Waals surface area contributed by atoms with Gasteiger partial charge in [-0.05, 0) is 12.0 Å². The molecule has 0 bridgehead atoms. The first kappa shape index (κ1) is 14.2. The second-order valence-electron chi connectivity index (χ2n) is 4.79. The Kier molecular flexibility index (Phi) is 4.80. The maximum Gasteiger partial charge on any atom is 0.234 e. The van der Waals surface area contributed by atoms with Crippen molar-refractivity contribution in [2.75, 3.05) is 6.61 Å². The maximum absolute atomic E-state index is 11.2. The van der Waals surface area contributed by atoms with Gasteiger partial charge in [-0.15, -0.1) is 6.42 Å². The molecule has 2 atom stereocenters. The number of para-hydroxylation sites is 1. The Balaban J connectivity index is 2.07. The zero-order chi connectivity index (χ0) is 14.4. The van der Waals surface area contributed by atoms with E-state index < -0.39 is 0 Å². The van der Waals surface area contributed by atoms with Crippen molar-refractivity contribution in [2.45, 2.75) is 19.4 Å². The third-order valence-electron chi connectivity index (χ3n) is 3.21. The van der Waals surface area contributed by atoms with Crippen LogP contribution in [-0.4, -0.2) is 18.6 Å². The second-order valence-corrected chi connectivity index (χ2v) is 4.79. The van der Waals surface area contributed by atoms with Crippen LogP contribution in [0.3, 0.4) is 0 Å². The lowest BCUT2D eigenvalue weighted by atomic mass is 9.96. The topological polar surface area (TPSA) is 50.4 Å². The fourth-order valence-electron chi connectivity index (χ4n) is 2.09. The average Bonchev–Trinajstić information content (AvgIpc) is 2.45. The molecule has 0 radical (unpaired) electrons. The van der Waals surface area contributed by atoms with Crippen molar-refractivity contribution in [3.63, 3.8) is 0 Å². The molecule has 1 saturated heterocycles. The smallest absolute Gasteiger partial charge is 0.234 e. The number of rotatable bonds is 4. The Morgan fingerprint density at radius 3 is 3.05 bits per heavy atom. The molecule has 2 N–H and O–H groups in total. The standard InChI is InChI=1S/C16H18N2O2/c1-3-10-20-15-7-5-4-6-13(15)8-9-14-12(2)11-16(19)18-17-14/h1,4-9,12,14,17H,10-11H2,2H3,(H,18,19)/b9-8+. The first-order valence-corrected chi connectivity index (χ1v) is 6.58. The Morgan fingerprint density at radius 1 is 1.50 bits per heavy atom. The van der Waals surface area contributed by atoms with Crippen molar-refractivity contribution in [3.05, 3.63) is 35.9 Å². The average molecular weight is 270 g/mol. The van der Waals surface area contributed by atoms with E-state index in [1.807, 2.05) is 43.3 Å². The lowest BCUT2D eigenvalue weighted by molar-refractivity contribution is -0.125. The van der Waals surface area contributed by atoms with Crippen LogP contribution in [-0.2, 0) is 4.79 Å². The van der Waals surface area contributed by atoms with Crippen LogP contribution in [0.25, 0.3) is 6.08 Å². The summed E-state index contributed by atoms with van der Waals surface area (Å²) < 4.78 is 5.49. The normalized spacial score (nSPS) is 22.3. The van der Waals surface area contributed by atoms with Gasteiger partial charge in [0.1, 0.15) is 12.4 Å². The van der Waals surface area contributed by atoms with Gasteiger partial charge in [0.2, 0.25) is 5.91 Å². The number of terminal acetylenes is 1. The second kappa shape index (κ2) is 6.78. The Bertz CT molecular complexity index is 546. The van der Waals surface area contributed by atoms with Crippen molar-refractivity contribution in [1.82, 2.24) is 10.9 Å². The molecule has 1 aromatic carbocycles. The largest absolute Gasteiger partial charge is 0.480 e. The number of amides is 1. The predicted molar refractivity (Wildman–Crippen MR) is 78.7 cm³/mol. The first-order valence-electron chi connectivity index (χ1n) is 6.58. The summed E-state index contributed by atoms with van der Waals surface area (Å²) in [6.07, 6.45) is 9.74. The molecule has 0 aromatic heterocycles. The van der Waals surface area contributed by atoms with Crippen molar-refractivity contribution < 1.29 is 9.53 Å². The lowest BCUT2D eigenvalue weighted by Crippen LogP contribution is -2.52. The third-order valence-corrected chi connectivity index (χ3v) is 3.21. The van der Waals surface area contributed by atoms with Crippen molar-refractivity contribution in [1.29, 1.82) is 0 Å². The van der Waals surface area contributed by atoms with Crippen LogP contribution >= 0.6 is 0 Å². The number of carbonyl (C=O) groups is 1. The Labute approximate surface area is 119 Å². The SMILES string of the molecule is C#CCOc1ccccc1/C=C/C1NNC(=O)CC1C. The zero-order valence-electron chi connectivity index (χ0n) is 11.4. The fourth-order valence-corrected chi connectivity index (χ4v) is 2.09. The van der Waals surface area contributed by atoms with Gasteiger partial charge in [0.25, 0.3) is 0 Å². The van der Waals surface area contributed by atoms with Gasteiger partial charge >= 0.3 is 0 Å². The van der Waals surface area contributed by atoms with Gasteiger partial charge in [-0.3, -0.25) is 10.2 Å². The fraction of sp³-hybridized carbons (Fsp3) is 0.312. The molecular formula is C16H18N2O2. The predicted octanol–water partition coefficient (Wildman–Crippen LogP) is 1.74. The van der Waals surface area contributed by atoms with Gasteiger partial charge < -0.3 is 4.74 Å². The molecule has 2 rings (SSSR count). The number of hydrazine groups is 1. The van der Waals surface area contributed by atoms with Crippen LogP contribution in [0, 0.1) is 18.3 Å². The van der Waals surface area contributed by atoms with E-state index in [-0.39, 0.29) is 24.5 Å². The summed E-state index contributed by atoms with van der Waals surface area (Å²) in [5.41, 5.74) is 6.61. The Hall–Kier alpha value is -2.25. The quantitative estimate of drug-likeness (QED) is 0.819. The summed E-state index contributed by atoms with van der Waals surface area (Å²) in [5, 5.41) is 0. The van der Waals surface area contributed by atoms with E-state index in [1.165, 1.54) is 0 Å². The van der Waals surface area contributed by atoms with Gasteiger partial charge in [0.15, 0.2) is 0 Å². The number of hydrogen-bond donors (Lipinski definition) is 2. The van der Waals surface area contributed by atoms with Gasteiger partial charge in [0.05, 0.1) is 0 Å². The highest BCUT2D eigenvalue weighted by Crippen LogP contribution is 2.21. The van der Waals surface area contributed by atoms with Crippen LogP contribution in [0.4, 0.5) is 0 Å². The van der Waals surface area contributed by atoms with Crippen LogP contribution in [0.1, 0.15) is 18.9 Å². The summed E-state index contributed by atoms with van der Waals surface area (Å²) >= 11 is 0. The highest BCUT2D eigenvalue weighted by atomic mass is 16.5. The number of hydrogen-bond acceptors (Lipinski definition) is 3. The van der Waals surface area contributed by atoms with E-state index in [2.05, 4.69) is 16.8 Å². The summed E-state index contributed by atoms with van der Waals surface area (Å²) in [6.45, 7) is 2.29. The first-order chi connectivity index (χ1) is 9.70. The van der Waals surface area contributed by atoms with E-state index in [9.17, 15) is 4.79 Å². The minimum Gasteiger partial charge on any atom is -0.480 e. The molecule has 2 unspecified atom stereocenters. The highest BCUT2D eigenvalue weighted by molar-refractivity contribution is 5.76. The number of ether oxygens (including phenoxy) is 1. The van der Waals surface area contributed by atoms with Crippen molar-refractivity contribution in [3.8, 4) is 18.1 Å². The summed E-state index contributed by atoms with van der Waals surface area (Å²) in [6, 6.07) is 7.81. The van der Waals surface area contributed by atoms with Crippen LogP contribution < -0.4 is 15.6 Å². The summed E-state index contributed by atoms with van der Waals surface area (Å²) in [5.74, 6) is 3.49. The van der Waals surface area contributed by atoms with Crippen LogP contribution in [0.15, 0.2) is 30.3 Å². The van der Waals surface area contributed by atoms with Crippen molar-refractivity contribution in [2.24, 2.45) is 5.92 Å². The van der Waals surface area contributed by atoms with E-state index in [1.54, 1.807) is 0 Å². The molecule has 4 heteroatoms. The minimum absolute atomic E-state index is 0.0277. The molecule has 0 saturated carbocycles. The van der Waals surface area contributed by atoms with E-state index >= 15 is 0 Å². The van der Waals surface area contributed by atoms with Gasteiger partial charge in [-0.2, -0.15) is 0 Å². The number of carbonyl (C=O) groups excluding carboxylic acids is 1. The number of benzene rings is 1. The zero-order valence-corrected chi connectivity index (χ0v) is 11.4. The third kappa shape index (κ3) is 3.62. The summed E-state index contributed by atoms with van der Waals surface area (Å²) in [4.78, 5) is 11.2. The van der Waals surface area contributed by atoms with Crippen LogP contribution in [0.5, 0.6) is 5.75 Å². The molecule has 0 spiro atoms. The molecule has 1 amide bonds. The molecule has 1 aromatic rings.